The molecule has 0 bridgehead atoms. The molecule has 0 amide bonds. The van der Waals surface area contributed by atoms with Crippen LogP contribution in [0.1, 0.15) is 60.3 Å². The molecule has 102 valence electrons. The van der Waals surface area contributed by atoms with Crippen molar-refractivity contribution in [1.82, 2.24) is 5.32 Å². The largest absolute Gasteiger partial charge is 0.381 e. The van der Waals surface area contributed by atoms with E-state index in [-0.39, 0.29) is 5.54 Å². The van der Waals surface area contributed by atoms with Gasteiger partial charge in [0, 0.05) is 24.1 Å². The summed E-state index contributed by atoms with van der Waals surface area (Å²) in [6, 6.07) is 0. The summed E-state index contributed by atoms with van der Waals surface area (Å²) >= 11 is 0. The zero-order valence-corrected chi connectivity index (χ0v) is 12.4. The Morgan fingerprint density at radius 2 is 1.88 bits per heavy atom. The van der Waals surface area contributed by atoms with Gasteiger partial charge in [0.25, 0.3) is 0 Å². The number of hydrogen-bond acceptors (Lipinski definition) is 2. The minimum absolute atomic E-state index is 0.205. The lowest BCUT2D eigenvalue weighted by molar-refractivity contribution is -0.0466. The van der Waals surface area contributed by atoms with Crippen LogP contribution in [0, 0.1) is 11.3 Å². The van der Waals surface area contributed by atoms with Gasteiger partial charge in [0.15, 0.2) is 0 Å². The molecule has 1 rings (SSSR count). The van der Waals surface area contributed by atoms with E-state index < -0.39 is 0 Å². The summed E-state index contributed by atoms with van der Waals surface area (Å²) in [6.07, 6.45) is 5.09. The van der Waals surface area contributed by atoms with Crippen molar-refractivity contribution >= 4 is 0 Å². The van der Waals surface area contributed by atoms with Gasteiger partial charge in [0.2, 0.25) is 0 Å². The van der Waals surface area contributed by atoms with Gasteiger partial charge in [-0.2, -0.15) is 0 Å². The number of nitrogens with one attached hydrogen (secondary N) is 1. The van der Waals surface area contributed by atoms with Crippen LogP contribution < -0.4 is 5.32 Å². The molecule has 1 fully saturated rings. The summed E-state index contributed by atoms with van der Waals surface area (Å²) in [5.41, 5.74) is 0.575. The Morgan fingerprint density at radius 1 is 1.24 bits per heavy atom. The summed E-state index contributed by atoms with van der Waals surface area (Å²) in [6.45, 7) is 14.4. The fourth-order valence-corrected chi connectivity index (χ4v) is 3.08. The predicted molar refractivity (Wildman–Crippen MR) is 74.3 cm³/mol. The first kappa shape index (κ1) is 15.0. The highest BCUT2D eigenvalue weighted by molar-refractivity contribution is 4.91. The maximum atomic E-state index is 5.80. The molecule has 2 nitrogen and oxygen atoms in total. The Labute approximate surface area is 108 Å². The highest BCUT2D eigenvalue weighted by atomic mass is 16.5. The second-order valence-electron chi connectivity index (χ2n) is 6.64. The first-order chi connectivity index (χ1) is 7.93. The van der Waals surface area contributed by atoms with E-state index in [1.807, 2.05) is 0 Å². The molecule has 1 atom stereocenters. The lowest BCUT2D eigenvalue weighted by Crippen LogP contribution is -2.50. The lowest BCUT2D eigenvalue weighted by Gasteiger charge is -2.44. The topological polar surface area (TPSA) is 21.3 Å². The third-order valence-corrected chi connectivity index (χ3v) is 4.18. The molecule has 17 heavy (non-hydrogen) atoms. The molecule has 0 aromatic carbocycles. The van der Waals surface area contributed by atoms with Gasteiger partial charge in [-0.3, -0.25) is 0 Å². The van der Waals surface area contributed by atoms with Crippen LogP contribution >= 0.6 is 0 Å². The summed E-state index contributed by atoms with van der Waals surface area (Å²) in [5.74, 6) is 0.789. The van der Waals surface area contributed by atoms with Crippen molar-refractivity contribution in [1.29, 1.82) is 0 Å². The van der Waals surface area contributed by atoms with Gasteiger partial charge in [-0.15, -0.1) is 0 Å². The summed E-state index contributed by atoms with van der Waals surface area (Å²) in [7, 11) is 0. The zero-order chi connectivity index (χ0) is 12.9. The molecule has 0 aliphatic carbocycles. The molecule has 1 aliphatic rings. The van der Waals surface area contributed by atoms with Crippen molar-refractivity contribution in [3.05, 3.63) is 0 Å². The van der Waals surface area contributed by atoms with E-state index in [9.17, 15) is 0 Å². The molecule has 1 saturated heterocycles. The van der Waals surface area contributed by atoms with Crippen LogP contribution in [0.5, 0.6) is 0 Å². The predicted octanol–water partition coefficient (Wildman–Crippen LogP) is 3.61. The summed E-state index contributed by atoms with van der Waals surface area (Å²) in [4.78, 5) is 0. The number of ether oxygens (including phenoxy) is 1. The van der Waals surface area contributed by atoms with E-state index >= 15 is 0 Å². The first-order valence-corrected chi connectivity index (χ1v) is 7.26. The maximum Gasteiger partial charge on any atom is 0.0537 e. The molecular weight excluding hydrogens is 210 g/mol. The van der Waals surface area contributed by atoms with Gasteiger partial charge in [0.1, 0.15) is 0 Å². The van der Waals surface area contributed by atoms with Gasteiger partial charge < -0.3 is 10.1 Å². The van der Waals surface area contributed by atoms with Crippen LogP contribution in [0.3, 0.4) is 0 Å². The highest BCUT2D eigenvalue weighted by Gasteiger charge is 2.39. The fraction of sp³-hybridized carbons (Fsp3) is 1.00. The van der Waals surface area contributed by atoms with Crippen molar-refractivity contribution in [2.45, 2.75) is 65.8 Å². The molecule has 0 aromatic heterocycles. The van der Waals surface area contributed by atoms with Crippen LogP contribution in [0.4, 0.5) is 0 Å². The standard InChI is InChI=1S/C15H31NO/c1-6-13(7-2)15(9-8-10-17-12-15)11-16-14(3,4)5/h13,16H,6-12H2,1-5H3. The van der Waals surface area contributed by atoms with Crippen molar-refractivity contribution in [3.63, 3.8) is 0 Å². The first-order valence-electron chi connectivity index (χ1n) is 7.26. The van der Waals surface area contributed by atoms with E-state index in [4.69, 9.17) is 4.74 Å². The monoisotopic (exact) mass is 241 g/mol. The van der Waals surface area contributed by atoms with Gasteiger partial charge in [-0.25, -0.2) is 0 Å². The number of hydrogen-bond donors (Lipinski definition) is 1. The fourth-order valence-electron chi connectivity index (χ4n) is 3.08. The van der Waals surface area contributed by atoms with E-state index in [1.54, 1.807) is 0 Å². The molecule has 0 spiro atoms. The van der Waals surface area contributed by atoms with Gasteiger partial charge >= 0.3 is 0 Å². The van der Waals surface area contributed by atoms with Crippen molar-refractivity contribution in [3.8, 4) is 0 Å². The summed E-state index contributed by atoms with van der Waals surface area (Å²) < 4.78 is 5.80. The third kappa shape index (κ3) is 4.26. The molecular formula is C15H31NO. The van der Waals surface area contributed by atoms with Crippen LogP contribution in [-0.2, 0) is 4.74 Å². The average molecular weight is 241 g/mol. The van der Waals surface area contributed by atoms with Crippen molar-refractivity contribution < 1.29 is 4.74 Å². The normalized spacial score (nSPS) is 26.5. The Kier molecular flexibility index (Phi) is 5.46. The van der Waals surface area contributed by atoms with Gasteiger partial charge in [-0.1, -0.05) is 26.7 Å². The highest BCUT2D eigenvalue weighted by Crippen LogP contribution is 2.39. The third-order valence-electron chi connectivity index (χ3n) is 4.18. The molecule has 0 radical (unpaired) electrons. The van der Waals surface area contributed by atoms with Crippen LogP contribution in [0.25, 0.3) is 0 Å². The van der Waals surface area contributed by atoms with Crippen LogP contribution in [-0.4, -0.2) is 25.3 Å². The Bertz CT molecular complexity index is 209. The SMILES string of the molecule is CCC(CC)C1(CNC(C)(C)C)CCCOC1. The Hall–Kier alpha value is -0.0800. The van der Waals surface area contributed by atoms with E-state index in [1.165, 1.54) is 25.7 Å². The van der Waals surface area contributed by atoms with Gasteiger partial charge in [-0.05, 0) is 39.5 Å². The maximum absolute atomic E-state index is 5.80. The van der Waals surface area contributed by atoms with E-state index in [0.717, 1.165) is 25.7 Å². The zero-order valence-electron chi connectivity index (χ0n) is 12.4. The second-order valence-corrected chi connectivity index (χ2v) is 6.64. The van der Waals surface area contributed by atoms with E-state index in [2.05, 4.69) is 39.9 Å². The smallest absolute Gasteiger partial charge is 0.0537 e. The van der Waals surface area contributed by atoms with Crippen LogP contribution in [0.2, 0.25) is 0 Å². The Balaban J connectivity index is 2.70. The average Bonchev–Trinajstić information content (AvgIpc) is 2.29. The van der Waals surface area contributed by atoms with Crippen molar-refractivity contribution in [2.24, 2.45) is 11.3 Å². The minimum atomic E-state index is 0.205. The molecule has 1 heterocycles. The molecule has 0 aromatic rings. The van der Waals surface area contributed by atoms with E-state index in [0.29, 0.717) is 5.41 Å². The van der Waals surface area contributed by atoms with Crippen molar-refractivity contribution in [2.75, 3.05) is 19.8 Å². The molecule has 0 saturated carbocycles. The van der Waals surface area contributed by atoms with Crippen LogP contribution in [0.15, 0.2) is 0 Å². The number of rotatable bonds is 5. The molecule has 1 N–H and O–H groups in total. The quantitative estimate of drug-likeness (QED) is 0.794. The second kappa shape index (κ2) is 6.19. The van der Waals surface area contributed by atoms with Gasteiger partial charge in [0.05, 0.1) is 6.61 Å². The molecule has 1 unspecified atom stereocenters. The molecule has 1 aliphatic heterocycles. The summed E-state index contributed by atoms with van der Waals surface area (Å²) in [5, 5.41) is 3.70. The lowest BCUT2D eigenvalue weighted by atomic mass is 9.69. The molecule has 2 heteroatoms. The Morgan fingerprint density at radius 3 is 2.29 bits per heavy atom. The minimum Gasteiger partial charge on any atom is -0.381 e.